The molecule has 3 aromatic carbocycles. The van der Waals surface area contributed by atoms with Crippen LogP contribution in [0.15, 0.2) is 65.6 Å². The lowest BCUT2D eigenvalue weighted by atomic mass is 10.1. The van der Waals surface area contributed by atoms with E-state index in [9.17, 15) is 13.2 Å². The van der Waals surface area contributed by atoms with Crippen LogP contribution in [0.2, 0.25) is 5.02 Å². The Kier molecular flexibility index (Phi) is 6.34. The van der Waals surface area contributed by atoms with E-state index in [2.05, 4.69) is 10.0 Å². The van der Waals surface area contributed by atoms with Gasteiger partial charge in [-0.3, -0.25) is 9.52 Å². The number of anilines is 2. The molecular weight excluding hydrogens is 424 g/mol. The van der Waals surface area contributed by atoms with Gasteiger partial charge in [0.2, 0.25) is 0 Å². The number of hydrogen-bond donors (Lipinski definition) is 2. The number of halogens is 1. The van der Waals surface area contributed by atoms with Crippen molar-refractivity contribution in [2.24, 2.45) is 0 Å². The number of amides is 1. The topological polar surface area (TPSA) is 84.5 Å². The first-order valence-electron chi connectivity index (χ1n) is 9.05. The number of methoxy groups -OCH3 is 1. The van der Waals surface area contributed by atoms with Crippen molar-refractivity contribution < 1.29 is 17.9 Å². The number of nitrogens with one attached hydrogen (secondary N) is 2. The lowest BCUT2D eigenvalue weighted by Crippen LogP contribution is -2.16. The van der Waals surface area contributed by atoms with Crippen LogP contribution in [-0.4, -0.2) is 21.4 Å². The summed E-state index contributed by atoms with van der Waals surface area (Å²) in [4.78, 5) is 12.6. The Bertz CT molecular complexity index is 1190. The second-order valence-electron chi connectivity index (χ2n) is 6.70. The van der Waals surface area contributed by atoms with Crippen molar-refractivity contribution in [2.45, 2.75) is 18.7 Å². The van der Waals surface area contributed by atoms with Crippen molar-refractivity contribution in [2.75, 3.05) is 17.1 Å². The lowest BCUT2D eigenvalue weighted by molar-refractivity contribution is 0.102. The third-order valence-corrected chi connectivity index (χ3v) is 6.33. The first-order chi connectivity index (χ1) is 14.2. The van der Waals surface area contributed by atoms with Crippen molar-refractivity contribution in [3.63, 3.8) is 0 Å². The molecule has 3 rings (SSSR count). The minimum atomic E-state index is -3.92. The highest BCUT2D eigenvalue weighted by molar-refractivity contribution is 7.92. The minimum Gasteiger partial charge on any atom is -0.495 e. The number of ether oxygens (including phenoxy) is 1. The van der Waals surface area contributed by atoms with Gasteiger partial charge in [0, 0.05) is 10.6 Å². The molecule has 0 aliphatic carbocycles. The third-order valence-electron chi connectivity index (χ3n) is 4.56. The molecule has 0 spiro atoms. The van der Waals surface area contributed by atoms with E-state index in [4.69, 9.17) is 16.3 Å². The molecule has 0 aliphatic heterocycles. The summed E-state index contributed by atoms with van der Waals surface area (Å²) in [5.74, 6) is -0.0326. The summed E-state index contributed by atoms with van der Waals surface area (Å²) in [6, 6.07) is 16.3. The summed E-state index contributed by atoms with van der Waals surface area (Å²) in [6.07, 6.45) is 0. The van der Waals surface area contributed by atoms with E-state index < -0.39 is 10.0 Å². The van der Waals surface area contributed by atoms with E-state index in [1.807, 2.05) is 19.1 Å². The molecule has 0 bridgehead atoms. The summed E-state index contributed by atoms with van der Waals surface area (Å²) in [6.45, 7) is 3.65. The molecule has 0 unspecified atom stereocenters. The molecule has 0 radical (unpaired) electrons. The van der Waals surface area contributed by atoms with E-state index in [0.29, 0.717) is 27.6 Å². The Labute approximate surface area is 180 Å². The summed E-state index contributed by atoms with van der Waals surface area (Å²) in [7, 11) is -2.48. The van der Waals surface area contributed by atoms with Crippen LogP contribution in [0.1, 0.15) is 21.5 Å². The van der Waals surface area contributed by atoms with E-state index in [-0.39, 0.29) is 16.5 Å². The highest BCUT2D eigenvalue weighted by Crippen LogP contribution is 2.30. The molecule has 0 aromatic heterocycles. The molecule has 0 aliphatic rings. The zero-order valence-corrected chi connectivity index (χ0v) is 18.3. The molecule has 3 aromatic rings. The van der Waals surface area contributed by atoms with Gasteiger partial charge in [0.15, 0.2) is 0 Å². The molecular formula is C22H21ClN2O4S. The number of benzene rings is 3. The van der Waals surface area contributed by atoms with Crippen LogP contribution in [0.5, 0.6) is 5.75 Å². The number of hydrogen-bond acceptors (Lipinski definition) is 4. The van der Waals surface area contributed by atoms with Crippen molar-refractivity contribution in [1.29, 1.82) is 0 Å². The minimum absolute atomic E-state index is 0.0260. The molecule has 2 N–H and O–H groups in total. The monoisotopic (exact) mass is 444 g/mol. The van der Waals surface area contributed by atoms with E-state index >= 15 is 0 Å². The normalized spacial score (nSPS) is 11.1. The predicted molar refractivity (Wildman–Crippen MR) is 119 cm³/mol. The van der Waals surface area contributed by atoms with Gasteiger partial charge in [-0.15, -0.1) is 0 Å². The maximum Gasteiger partial charge on any atom is 0.261 e. The summed E-state index contributed by atoms with van der Waals surface area (Å²) in [5.41, 5.74) is 2.71. The summed E-state index contributed by atoms with van der Waals surface area (Å²) >= 11 is 6.08. The van der Waals surface area contributed by atoms with Crippen molar-refractivity contribution in [1.82, 2.24) is 0 Å². The molecule has 6 nitrogen and oxygen atoms in total. The van der Waals surface area contributed by atoms with Gasteiger partial charge in [0.25, 0.3) is 15.9 Å². The van der Waals surface area contributed by atoms with Crippen LogP contribution in [-0.2, 0) is 10.0 Å². The Hall–Kier alpha value is -3.03. The van der Waals surface area contributed by atoms with Gasteiger partial charge in [0.05, 0.1) is 23.4 Å². The van der Waals surface area contributed by atoms with Gasteiger partial charge in [-0.1, -0.05) is 35.4 Å². The largest absolute Gasteiger partial charge is 0.495 e. The fraction of sp³-hybridized carbons (Fsp3) is 0.136. The predicted octanol–water partition coefficient (Wildman–Crippen LogP) is 5.02. The van der Waals surface area contributed by atoms with Crippen molar-refractivity contribution in [3.8, 4) is 5.75 Å². The van der Waals surface area contributed by atoms with Gasteiger partial charge >= 0.3 is 0 Å². The van der Waals surface area contributed by atoms with Crippen LogP contribution in [0.4, 0.5) is 11.4 Å². The van der Waals surface area contributed by atoms with Crippen LogP contribution in [0, 0.1) is 13.8 Å². The van der Waals surface area contributed by atoms with Crippen LogP contribution in [0.25, 0.3) is 0 Å². The number of sulfonamides is 1. The maximum absolute atomic E-state index is 12.9. The molecule has 0 atom stereocenters. The average molecular weight is 445 g/mol. The van der Waals surface area contributed by atoms with E-state index in [1.165, 1.54) is 25.3 Å². The smallest absolute Gasteiger partial charge is 0.261 e. The molecule has 0 heterocycles. The van der Waals surface area contributed by atoms with Crippen molar-refractivity contribution >= 4 is 38.9 Å². The van der Waals surface area contributed by atoms with E-state index in [1.54, 1.807) is 37.3 Å². The Morgan fingerprint density at radius 2 is 1.67 bits per heavy atom. The molecule has 156 valence electrons. The molecule has 1 amide bonds. The molecule has 8 heteroatoms. The average Bonchev–Trinajstić information content (AvgIpc) is 2.71. The molecule has 0 saturated heterocycles. The fourth-order valence-electron chi connectivity index (χ4n) is 2.77. The maximum atomic E-state index is 12.9. The SMILES string of the molecule is COc1ccc(S(=O)(=O)Nc2cccc(Cl)c2C)cc1NC(=O)c1ccc(C)cc1. The van der Waals surface area contributed by atoms with Gasteiger partial charge in [-0.05, 0) is 61.9 Å². The van der Waals surface area contributed by atoms with Crippen LogP contribution < -0.4 is 14.8 Å². The highest BCUT2D eigenvalue weighted by atomic mass is 35.5. The number of rotatable bonds is 6. The van der Waals surface area contributed by atoms with E-state index in [0.717, 1.165) is 5.56 Å². The number of carbonyl (C=O) groups is 1. The van der Waals surface area contributed by atoms with Crippen LogP contribution >= 0.6 is 11.6 Å². The Morgan fingerprint density at radius 1 is 0.967 bits per heavy atom. The zero-order valence-electron chi connectivity index (χ0n) is 16.7. The second-order valence-corrected chi connectivity index (χ2v) is 8.79. The second kappa shape index (κ2) is 8.77. The Morgan fingerprint density at radius 3 is 2.33 bits per heavy atom. The molecule has 0 saturated carbocycles. The van der Waals surface area contributed by atoms with Gasteiger partial charge < -0.3 is 10.1 Å². The fourth-order valence-corrected chi connectivity index (χ4v) is 4.10. The molecule has 0 fully saturated rings. The lowest BCUT2D eigenvalue weighted by Gasteiger charge is -2.15. The number of aryl methyl sites for hydroxylation is 1. The summed E-state index contributed by atoms with van der Waals surface area (Å²) in [5, 5.41) is 3.17. The van der Waals surface area contributed by atoms with Crippen molar-refractivity contribution in [3.05, 3.63) is 82.4 Å². The van der Waals surface area contributed by atoms with Crippen LogP contribution in [0.3, 0.4) is 0 Å². The zero-order chi connectivity index (χ0) is 21.9. The first kappa shape index (κ1) is 21.7. The van der Waals surface area contributed by atoms with Gasteiger partial charge in [0.1, 0.15) is 5.75 Å². The quantitative estimate of drug-likeness (QED) is 0.559. The molecule has 30 heavy (non-hydrogen) atoms. The number of carbonyl (C=O) groups excluding carboxylic acids is 1. The Balaban J connectivity index is 1.92. The third kappa shape index (κ3) is 4.75. The highest BCUT2D eigenvalue weighted by Gasteiger charge is 2.19. The van der Waals surface area contributed by atoms with Gasteiger partial charge in [-0.25, -0.2) is 8.42 Å². The summed E-state index contributed by atoms with van der Waals surface area (Å²) < 4.78 is 33.6. The standard InChI is InChI=1S/C22H21ClN2O4S/c1-14-7-9-16(10-8-14)22(26)24-20-13-17(11-12-21(20)29-3)30(27,28)25-19-6-4-5-18(23)15(19)2/h4-13,25H,1-3H3,(H,24,26). The first-order valence-corrected chi connectivity index (χ1v) is 10.9. The van der Waals surface area contributed by atoms with Gasteiger partial charge in [-0.2, -0.15) is 0 Å².